The van der Waals surface area contributed by atoms with E-state index in [1.54, 1.807) is 36.7 Å². The Morgan fingerprint density at radius 2 is 2.11 bits per heavy atom. The van der Waals surface area contributed by atoms with Gasteiger partial charge >= 0.3 is 0 Å². The first-order valence-electron chi connectivity index (χ1n) is 8.01. The lowest BCUT2D eigenvalue weighted by atomic mass is 10.1. The molecule has 0 atom stereocenters. The number of nitrogens with zero attached hydrogens (tertiary/aromatic N) is 3. The van der Waals surface area contributed by atoms with Gasteiger partial charge in [-0.1, -0.05) is 11.6 Å². The van der Waals surface area contributed by atoms with Gasteiger partial charge in [-0.2, -0.15) is 5.10 Å². The zero-order valence-corrected chi connectivity index (χ0v) is 15.1. The Labute approximate surface area is 160 Å². The van der Waals surface area contributed by atoms with Crippen LogP contribution in [0.15, 0.2) is 66.2 Å². The van der Waals surface area contributed by atoms with Crippen LogP contribution in [0.2, 0.25) is 5.02 Å². The number of carbonyl (C=O) groups excluding carboxylic acids is 2. The molecule has 2 amide bonds. The van der Waals surface area contributed by atoms with Crippen molar-refractivity contribution in [3.63, 3.8) is 0 Å². The van der Waals surface area contributed by atoms with Gasteiger partial charge in [-0.3, -0.25) is 14.6 Å². The first-order chi connectivity index (χ1) is 13.0. The number of rotatable bonds is 5. The second kappa shape index (κ2) is 8.29. The third-order valence-electron chi connectivity index (χ3n) is 3.67. The highest BCUT2D eigenvalue weighted by molar-refractivity contribution is 6.31. The lowest BCUT2D eigenvalue weighted by molar-refractivity contribution is 0.0801. The van der Waals surface area contributed by atoms with E-state index >= 15 is 0 Å². The van der Waals surface area contributed by atoms with Crippen LogP contribution in [-0.2, 0) is 0 Å². The number of carbonyl (C=O) groups is 2. The molecule has 0 saturated heterocycles. The maximum absolute atomic E-state index is 12.8. The van der Waals surface area contributed by atoms with Crippen molar-refractivity contribution in [2.45, 2.75) is 0 Å². The van der Waals surface area contributed by atoms with Crippen molar-refractivity contribution in [3.05, 3.63) is 82.9 Å². The first-order valence-corrected chi connectivity index (χ1v) is 8.39. The van der Waals surface area contributed by atoms with Crippen LogP contribution in [0.5, 0.6) is 0 Å². The van der Waals surface area contributed by atoms with E-state index < -0.39 is 5.91 Å². The topological polar surface area (TPSA) is 90.5 Å². The Morgan fingerprint density at radius 1 is 1.26 bits per heavy atom. The Kier molecular flexibility index (Phi) is 5.63. The molecule has 136 valence electrons. The highest BCUT2D eigenvalue weighted by atomic mass is 35.5. The van der Waals surface area contributed by atoms with Crippen molar-refractivity contribution in [2.24, 2.45) is 5.10 Å². The molecular weight excluding hydrogens is 366 g/mol. The minimum Gasteiger partial charge on any atom is -0.360 e. The fourth-order valence-corrected chi connectivity index (χ4v) is 2.47. The molecule has 7 nitrogen and oxygen atoms in total. The molecular formula is C19H16ClN5O2. The molecule has 0 saturated carbocycles. The van der Waals surface area contributed by atoms with Gasteiger partial charge in [-0.15, -0.1) is 0 Å². The van der Waals surface area contributed by atoms with Gasteiger partial charge in [0.1, 0.15) is 0 Å². The normalized spacial score (nSPS) is 10.7. The van der Waals surface area contributed by atoms with Gasteiger partial charge in [0.05, 0.1) is 28.7 Å². The molecule has 0 aliphatic carbocycles. The summed E-state index contributed by atoms with van der Waals surface area (Å²) >= 11 is 6.04. The molecule has 0 spiro atoms. The quantitative estimate of drug-likeness (QED) is 0.524. The highest BCUT2D eigenvalue weighted by Gasteiger charge is 2.18. The van der Waals surface area contributed by atoms with Gasteiger partial charge in [-0.05, 0) is 42.5 Å². The molecule has 0 aliphatic rings. The molecule has 3 rings (SSSR count). The average molecular weight is 382 g/mol. The number of benzene rings is 1. The molecule has 0 aliphatic heterocycles. The number of halogens is 1. The van der Waals surface area contributed by atoms with Crippen molar-refractivity contribution in [1.82, 2.24) is 15.0 Å². The lowest BCUT2D eigenvalue weighted by Gasteiger charge is -2.15. The van der Waals surface area contributed by atoms with Crippen LogP contribution in [0.25, 0.3) is 0 Å². The molecule has 0 radical (unpaired) electrons. The number of hydrogen-bond donors (Lipinski definition) is 2. The Bertz CT molecular complexity index is 971. The number of aromatic nitrogens is 2. The van der Waals surface area contributed by atoms with Gasteiger partial charge in [-0.25, -0.2) is 5.01 Å². The number of amides is 2. The first kappa shape index (κ1) is 18.3. The van der Waals surface area contributed by atoms with Gasteiger partial charge in [0.2, 0.25) is 0 Å². The minimum atomic E-state index is -0.415. The summed E-state index contributed by atoms with van der Waals surface area (Å²) in [4.78, 5) is 32.0. The summed E-state index contributed by atoms with van der Waals surface area (Å²) in [6.07, 6.45) is 6.30. The predicted molar refractivity (Wildman–Crippen MR) is 104 cm³/mol. The van der Waals surface area contributed by atoms with Gasteiger partial charge in [0.25, 0.3) is 11.8 Å². The maximum atomic E-state index is 12.8. The van der Waals surface area contributed by atoms with E-state index in [0.29, 0.717) is 16.3 Å². The third kappa shape index (κ3) is 4.59. The van der Waals surface area contributed by atoms with Crippen LogP contribution in [-0.4, -0.2) is 40.1 Å². The molecule has 2 N–H and O–H groups in total. The minimum absolute atomic E-state index is 0.228. The van der Waals surface area contributed by atoms with Crippen LogP contribution in [0.4, 0.5) is 5.69 Å². The van der Waals surface area contributed by atoms with Crippen molar-refractivity contribution in [2.75, 3.05) is 12.4 Å². The van der Waals surface area contributed by atoms with E-state index in [4.69, 9.17) is 11.6 Å². The predicted octanol–water partition coefficient (Wildman–Crippen LogP) is 3.42. The second-order valence-electron chi connectivity index (χ2n) is 5.58. The van der Waals surface area contributed by atoms with E-state index in [1.165, 1.54) is 30.5 Å². The van der Waals surface area contributed by atoms with Crippen LogP contribution < -0.4 is 5.32 Å². The standard InChI is InChI=1S/C19H16ClN5O2/c1-25(23-12-15-5-3-9-22-15)19(27)16-10-14(20)6-7-17(16)24-18(26)13-4-2-8-21-11-13/h2-12,22H,1H3,(H,24,26). The monoisotopic (exact) mass is 381 g/mol. The van der Waals surface area contributed by atoms with Gasteiger partial charge in [0, 0.05) is 30.7 Å². The zero-order chi connectivity index (χ0) is 19.2. The molecule has 2 heterocycles. The molecule has 27 heavy (non-hydrogen) atoms. The molecule has 8 heteroatoms. The van der Waals surface area contributed by atoms with E-state index in [2.05, 4.69) is 20.4 Å². The molecule has 3 aromatic rings. The molecule has 1 aromatic carbocycles. The Morgan fingerprint density at radius 3 is 2.81 bits per heavy atom. The van der Waals surface area contributed by atoms with Crippen molar-refractivity contribution < 1.29 is 9.59 Å². The highest BCUT2D eigenvalue weighted by Crippen LogP contribution is 2.23. The largest absolute Gasteiger partial charge is 0.360 e. The number of hydrogen-bond acceptors (Lipinski definition) is 4. The fraction of sp³-hybridized carbons (Fsp3) is 0.0526. The number of pyridine rings is 1. The summed E-state index contributed by atoms with van der Waals surface area (Å²) in [5.41, 5.74) is 1.70. The zero-order valence-electron chi connectivity index (χ0n) is 14.4. The van der Waals surface area contributed by atoms with Gasteiger partial charge < -0.3 is 10.3 Å². The third-order valence-corrected chi connectivity index (χ3v) is 3.90. The van der Waals surface area contributed by atoms with E-state index in [9.17, 15) is 9.59 Å². The van der Waals surface area contributed by atoms with E-state index in [0.717, 1.165) is 5.69 Å². The summed E-state index contributed by atoms with van der Waals surface area (Å²) in [6.45, 7) is 0. The SMILES string of the molecule is CN(N=Cc1ccc[nH]1)C(=O)c1cc(Cl)ccc1NC(=O)c1cccnc1. The van der Waals surface area contributed by atoms with Crippen LogP contribution in [0.1, 0.15) is 26.4 Å². The summed E-state index contributed by atoms with van der Waals surface area (Å²) in [5.74, 6) is -0.793. The molecule has 0 bridgehead atoms. The van der Waals surface area contributed by atoms with Crippen molar-refractivity contribution in [3.8, 4) is 0 Å². The summed E-state index contributed by atoms with van der Waals surface area (Å²) in [7, 11) is 1.52. The van der Waals surface area contributed by atoms with Crippen LogP contribution in [0, 0.1) is 0 Å². The fourth-order valence-electron chi connectivity index (χ4n) is 2.29. The molecule has 0 fully saturated rings. The summed E-state index contributed by atoms with van der Waals surface area (Å²) < 4.78 is 0. The average Bonchev–Trinajstić information content (AvgIpc) is 3.21. The number of nitrogens with one attached hydrogen (secondary N) is 2. The van der Waals surface area contributed by atoms with Gasteiger partial charge in [0.15, 0.2) is 0 Å². The maximum Gasteiger partial charge on any atom is 0.275 e. The van der Waals surface area contributed by atoms with Crippen LogP contribution >= 0.6 is 11.6 Å². The molecule has 0 unspecified atom stereocenters. The number of H-pyrrole nitrogens is 1. The lowest BCUT2D eigenvalue weighted by Crippen LogP contribution is -2.24. The number of aromatic amines is 1. The van der Waals surface area contributed by atoms with Crippen molar-refractivity contribution in [1.29, 1.82) is 0 Å². The van der Waals surface area contributed by atoms with E-state index in [1.807, 2.05) is 12.1 Å². The smallest absolute Gasteiger partial charge is 0.275 e. The summed E-state index contributed by atoms with van der Waals surface area (Å²) in [6, 6.07) is 11.6. The number of hydrazone groups is 1. The Hall–Kier alpha value is -3.45. The number of anilines is 1. The van der Waals surface area contributed by atoms with Crippen molar-refractivity contribution >= 4 is 35.3 Å². The Balaban J connectivity index is 1.83. The van der Waals surface area contributed by atoms with Crippen LogP contribution in [0.3, 0.4) is 0 Å². The van der Waals surface area contributed by atoms with E-state index in [-0.39, 0.29) is 11.5 Å². The second-order valence-corrected chi connectivity index (χ2v) is 6.02. The molecule has 2 aromatic heterocycles. The summed E-state index contributed by atoms with van der Waals surface area (Å²) in [5, 5.41) is 8.38.